The van der Waals surface area contributed by atoms with Gasteiger partial charge < -0.3 is 5.11 Å². The first-order chi connectivity index (χ1) is 6.48. The summed E-state index contributed by atoms with van der Waals surface area (Å²) in [6, 6.07) is 0. The van der Waals surface area contributed by atoms with E-state index in [0.29, 0.717) is 0 Å². The van der Waals surface area contributed by atoms with E-state index in [-0.39, 0.29) is 17.6 Å². The molecule has 0 aromatic rings. The van der Waals surface area contributed by atoms with Crippen LogP contribution < -0.4 is 0 Å². The van der Waals surface area contributed by atoms with Gasteiger partial charge in [-0.25, -0.2) is 0 Å². The average Bonchev–Trinajstić information content (AvgIpc) is 2.61. The van der Waals surface area contributed by atoms with Gasteiger partial charge in [-0.2, -0.15) is 0 Å². The molecule has 2 rings (SSSR count). The van der Waals surface area contributed by atoms with Gasteiger partial charge in [-0.05, 0) is 25.2 Å². The van der Waals surface area contributed by atoms with Crippen molar-refractivity contribution in [1.29, 1.82) is 0 Å². The smallest absolute Gasteiger partial charge is 0.308 e. The van der Waals surface area contributed by atoms with Gasteiger partial charge in [0.25, 0.3) is 0 Å². The summed E-state index contributed by atoms with van der Waals surface area (Å²) in [5, 5.41) is 9.13. The molecule has 14 heavy (non-hydrogen) atoms. The van der Waals surface area contributed by atoms with Gasteiger partial charge >= 0.3 is 5.97 Å². The van der Waals surface area contributed by atoms with Crippen molar-refractivity contribution < 1.29 is 14.7 Å². The Hall–Kier alpha value is -1.12. The fourth-order valence-corrected chi connectivity index (χ4v) is 3.01. The molecule has 2 aliphatic rings. The molecular weight excluding hydrogens is 180 g/mol. The van der Waals surface area contributed by atoms with E-state index in [0.717, 1.165) is 6.42 Å². The molecule has 0 amide bonds. The molecule has 1 N–H and O–H groups in total. The number of rotatable bonds is 2. The lowest BCUT2D eigenvalue weighted by atomic mass is 9.67. The van der Waals surface area contributed by atoms with Crippen LogP contribution in [0.1, 0.15) is 20.3 Å². The summed E-state index contributed by atoms with van der Waals surface area (Å²) >= 11 is 0. The maximum atomic E-state index is 11.6. The Morgan fingerprint density at radius 3 is 2.50 bits per heavy atom. The van der Waals surface area contributed by atoms with Gasteiger partial charge in [0.2, 0.25) is 0 Å². The van der Waals surface area contributed by atoms with E-state index in [1.54, 1.807) is 6.92 Å². The Kier molecular flexibility index (Phi) is 1.81. The van der Waals surface area contributed by atoms with Crippen molar-refractivity contribution in [3.63, 3.8) is 0 Å². The zero-order valence-corrected chi connectivity index (χ0v) is 8.36. The van der Waals surface area contributed by atoms with E-state index < -0.39 is 17.3 Å². The first-order valence-electron chi connectivity index (χ1n) is 4.90. The molecule has 2 bridgehead atoms. The summed E-state index contributed by atoms with van der Waals surface area (Å²) < 4.78 is 0. The summed E-state index contributed by atoms with van der Waals surface area (Å²) in [6.45, 7) is 3.30. The number of carbonyl (C=O) groups excluding carboxylic acids is 1. The number of hydrogen-bond acceptors (Lipinski definition) is 2. The molecule has 0 aromatic heterocycles. The van der Waals surface area contributed by atoms with Crippen molar-refractivity contribution in [1.82, 2.24) is 0 Å². The number of carboxylic acids is 1. The Bertz CT molecular complexity index is 331. The maximum Gasteiger partial charge on any atom is 0.308 e. The van der Waals surface area contributed by atoms with Crippen LogP contribution in [-0.4, -0.2) is 16.9 Å². The lowest BCUT2D eigenvalue weighted by Gasteiger charge is -2.33. The third-order valence-corrected chi connectivity index (χ3v) is 3.99. The summed E-state index contributed by atoms with van der Waals surface area (Å²) in [5.41, 5.74) is -0.675. The van der Waals surface area contributed by atoms with E-state index in [9.17, 15) is 9.59 Å². The highest BCUT2D eigenvalue weighted by atomic mass is 16.4. The second-order valence-electron chi connectivity index (χ2n) is 4.55. The van der Waals surface area contributed by atoms with E-state index in [1.807, 2.05) is 12.2 Å². The van der Waals surface area contributed by atoms with Gasteiger partial charge in [0.15, 0.2) is 0 Å². The van der Waals surface area contributed by atoms with Gasteiger partial charge in [-0.3, -0.25) is 9.59 Å². The van der Waals surface area contributed by atoms with Crippen LogP contribution in [0.25, 0.3) is 0 Å². The van der Waals surface area contributed by atoms with Gasteiger partial charge in [-0.1, -0.05) is 19.1 Å². The fourth-order valence-electron chi connectivity index (χ4n) is 3.01. The van der Waals surface area contributed by atoms with Gasteiger partial charge in [0.1, 0.15) is 5.78 Å². The van der Waals surface area contributed by atoms with E-state index in [1.165, 1.54) is 6.92 Å². The quantitative estimate of drug-likeness (QED) is 0.677. The molecule has 0 spiro atoms. The molecule has 4 atom stereocenters. The number of carbonyl (C=O) groups is 2. The Labute approximate surface area is 82.8 Å². The van der Waals surface area contributed by atoms with Crippen LogP contribution in [0.3, 0.4) is 0 Å². The average molecular weight is 194 g/mol. The van der Waals surface area contributed by atoms with Crippen LogP contribution >= 0.6 is 0 Å². The molecule has 0 heterocycles. The van der Waals surface area contributed by atoms with Crippen molar-refractivity contribution in [2.75, 3.05) is 0 Å². The maximum absolute atomic E-state index is 11.6. The third kappa shape index (κ3) is 0.925. The third-order valence-electron chi connectivity index (χ3n) is 3.99. The second-order valence-corrected chi connectivity index (χ2v) is 4.55. The van der Waals surface area contributed by atoms with Crippen molar-refractivity contribution in [3.8, 4) is 0 Å². The molecule has 4 unspecified atom stereocenters. The zero-order valence-electron chi connectivity index (χ0n) is 8.36. The van der Waals surface area contributed by atoms with Crippen LogP contribution in [0.2, 0.25) is 0 Å². The standard InChI is InChI=1S/C11H14O3/c1-6(12)11(2)8-4-3-7(5-8)9(11)10(13)14/h3-4,7-9H,5H2,1-2H3,(H,13,14). The topological polar surface area (TPSA) is 54.4 Å². The summed E-state index contributed by atoms with van der Waals surface area (Å²) in [6.07, 6.45) is 4.78. The number of aliphatic carboxylic acids is 1. The number of allylic oxidation sites excluding steroid dienone is 2. The van der Waals surface area contributed by atoms with Crippen molar-refractivity contribution in [3.05, 3.63) is 12.2 Å². The minimum Gasteiger partial charge on any atom is -0.481 e. The predicted octanol–water partition coefficient (Wildman–Crippen LogP) is 1.49. The number of carboxylic acid groups (broad SMARTS) is 1. The first kappa shape index (κ1) is 9.44. The molecule has 76 valence electrons. The number of fused-ring (bicyclic) bond motifs is 2. The molecule has 0 aromatic carbocycles. The summed E-state index contributed by atoms with van der Waals surface area (Å²) in [4.78, 5) is 22.7. The van der Waals surface area contributed by atoms with E-state index >= 15 is 0 Å². The Balaban J connectivity index is 2.45. The lowest BCUT2D eigenvalue weighted by molar-refractivity contribution is -0.151. The minimum atomic E-state index is -0.834. The predicted molar refractivity (Wildman–Crippen MR) is 50.7 cm³/mol. The van der Waals surface area contributed by atoms with Crippen LogP contribution in [-0.2, 0) is 9.59 Å². The normalized spacial score (nSPS) is 44.3. The molecule has 0 aliphatic heterocycles. The molecule has 3 nitrogen and oxygen atoms in total. The number of Topliss-reactive ketones (excluding diaryl/α,β-unsaturated/α-hetero) is 1. The number of ketones is 1. The van der Waals surface area contributed by atoms with Gasteiger partial charge in [-0.15, -0.1) is 0 Å². The zero-order chi connectivity index (χ0) is 10.5. The first-order valence-corrected chi connectivity index (χ1v) is 4.90. The van der Waals surface area contributed by atoms with E-state index in [2.05, 4.69) is 0 Å². The highest BCUT2D eigenvalue weighted by Gasteiger charge is 2.58. The molecule has 2 aliphatic carbocycles. The van der Waals surface area contributed by atoms with Crippen LogP contribution in [0.4, 0.5) is 0 Å². The van der Waals surface area contributed by atoms with Crippen molar-refractivity contribution in [2.24, 2.45) is 23.2 Å². The highest BCUT2D eigenvalue weighted by molar-refractivity contribution is 5.90. The van der Waals surface area contributed by atoms with E-state index in [4.69, 9.17) is 5.11 Å². The molecule has 0 saturated heterocycles. The Morgan fingerprint density at radius 2 is 2.07 bits per heavy atom. The van der Waals surface area contributed by atoms with Crippen molar-refractivity contribution >= 4 is 11.8 Å². The molecule has 1 saturated carbocycles. The molecule has 0 radical (unpaired) electrons. The van der Waals surface area contributed by atoms with Gasteiger partial charge in [0.05, 0.1) is 5.92 Å². The molecule has 3 heteroatoms. The van der Waals surface area contributed by atoms with Crippen LogP contribution in [0.5, 0.6) is 0 Å². The molecule has 1 fully saturated rings. The largest absolute Gasteiger partial charge is 0.481 e. The fraction of sp³-hybridized carbons (Fsp3) is 0.636. The summed E-state index contributed by atoms with van der Waals surface area (Å²) in [7, 11) is 0. The lowest BCUT2D eigenvalue weighted by Crippen LogP contribution is -2.42. The number of hydrogen-bond donors (Lipinski definition) is 1. The SMILES string of the molecule is CC(=O)C1(C)C2C=CC(C2)C1C(=O)O. The highest BCUT2D eigenvalue weighted by Crippen LogP contribution is 2.56. The minimum absolute atomic E-state index is 0.00162. The van der Waals surface area contributed by atoms with Crippen molar-refractivity contribution in [2.45, 2.75) is 20.3 Å². The monoisotopic (exact) mass is 194 g/mol. The molecular formula is C11H14O3. The van der Waals surface area contributed by atoms with Gasteiger partial charge in [0, 0.05) is 5.41 Å². The van der Waals surface area contributed by atoms with Crippen LogP contribution in [0, 0.1) is 23.2 Å². The summed E-state index contributed by atoms with van der Waals surface area (Å²) in [5.74, 6) is -1.16. The Morgan fingerprint density at radius 1 is 1.43 bits per heavy atom. The van der Waals surface area contributed by atoms with Crippen LogP contribution in [0.15, 0.2) is 12.2 Å². The second kappa shape index (κ2) is 2.69.